The average molecular weight is 400 g/mol. The van der Waals surface area contributed by atoms with Crippen molar-refractivity contribution < 1.29 is 27.8 Å². The predicted octanol–water partition coefficient (Wildman–Crippen LogP) is 5.73. The van der Waals surface area contributed by atoms with Gasteiger partial charge in [0.15, 0.2) is 0 Å². The topological polar surface area (TPSA) is 38.7 Å². The van der Waals surface area contributed by atoms with E-state index in [1.807, 2.05) is 30.3 Å². The molecule has 0 aromatic heterocycles. The van der Waals surface area contributed by atoms with Crippen LogP contribution in [0.4, 0.5) is 13.2 Å². The van der Waals surface area contributed by atoms with Crippen LogP contribution in [0.1, 0.15) is 34.1 Å². The Morgan fingerprint density at radius 1 is 0.931 bits per heavy atom. The van der Waals surface area contributed by atoms with Crippen molar-refractivity contribution in [1.82, 2.24) is 0 Å². The van der Waals surface area contributed by atoms with Gasteiger partial charge in [0.25, 0.3) is 0 Å². The van der Waals surface area contributed by atoms with Gasteiger partial charge >= 0.3 is 6.18 Å². The van der Waals surface area contributed by atoms with E-state index in [-0.39, 0.29) is 17.6 Å². The summed E-state index contributed by atoms with van der Waals surface area (Å²) >= 11 is 0. The third-order valence-electron chi connectivity index (χ3n) is 5.29. The molecule has 0 bridgehead atoms. The average Bonchev–Trinajstić information content (AvgIpc) is 2.72. The molecule has 29 heavy (non-hydrogen) atoms. The van der Waals surface area contributed by atoms with Gasteiger partial charge in [0, 0.05) is 23.5 Å². The normalized spacial score (nSPS) is 18.6. The van der Waals surface area contributed by atoms with Crippen molar-refractivity contribution in [3.05, 3.63) is 89.0 Å². The Bertz CT molecular complexity index is 995. The molecule has 1 aliphatic heterocycles. The van der Waals surface area contributed by atoms with Gasteiger partial charge in [-0.1, -0.05) is 30.3 Å². The Labute approximate surface area is 166 Å². The molecule has 1 aliphatic rings. The van der Waals surface area contributed by atoms with E-state index in [0.29, 0.717) is 18.1 Å². The van der Waals surface area contributed by atoms with Gasteiger partial charge in [0.05, 0.1) is 19.3 Å². The summed E-state index contributed by atoms with van der Waals surface area (Å²) in [7, 11) is 1.58. The number of halogens is 3. The number of phenols is 1. The fourth-order valence-corrected chi connectivity index (χ4v) is 3.82. The standard InChI is InChI=1S/C23H19F3O3/c1-28-18-10-11-19-21(12-18)29-13-20(22(19)15-4-8-17(27)9-5-15)14-2-6-16(7-3-14)23(24,25)26/h2-12,20,22,27H,13H2,1H3/t20-,22-/m1/s1. The van der Waals surface area contributed by atoms with Crippen LogP contribution in [0.2, 0.25) is 0 Å². The first-order chi connectivity index (χ1) is 13.9. The number of hydrogen-bond donors (Lipinski definition) is 1. The smallest absolute Gasteiger partial charge is 0.416 e. The second-order valence-corrected chi connectivity index (χ2v) is 7.01. The minimum atomic E-state index is -4.37. The molecule has 4 rings (SSSR count). The Kier molecular flexibility index (Phi) is 4.86. The van der Waals surface area contributed by atoms with E-state index >= 15 is 0 Å². The van der Waals surface area contributed by atoms with E-state index in [1.165, 1.54) is 12.1 Å². The molecule has 1 heterocycles. The summed E-state index contributed by atoms with van der Waals surface area (Å²) in [6, 6.07) is 17.7. The zero-order valence-electron chi connectivity index (χ0n) is 15.6. The number of hydrogen-bond acceptors (Lipinski definition) is 3. The van der Waals surface area contributed by atoms with Crippen LogP contribution in [-0.4, -0.2) is 18.8 Å². The molecule has 150 valence electrons. The maximum atomic E-state index is 12.9. The van der Waals surface area contributed by atoms with Crippen LogP contribution in [0.5, 0.6) is 17.2 Å². The van der Waals surface area contributed by atoms with E-state index in [1.54, 1.807) is 19.2 Å². The first-order valence-corrected chi connectivity index (χ1v) is 9.13. The second-order valence-electron chi connectivity index (χ2n) is 7.01. The monoisotopic (exact) mass is 400 g/mol. The van der Waals surface area contributed by atoms with Crippen LogP contribution in [0.15, 0.2) is 66.7 Å². The maximum Gasteiger partial charge on any atom is 0.416 e. The van der Waals surface area contributed by atoms with E-state index < -0.39 is 11.7 Å². The highest BCUT2D eigenvalue weighted by Gasteiger charge is 2.35. The summed E-state index contributed by atoms with van der Waals surface area (Å²) < 4.78 is 50.1. The fraction of sp³-hybridized carbons (Fsp3) is 0.217. The quantitative estimate of drug-likeness (QED) is 0.610. The summed E-state index contributed by atoms with van der Waals surface area (Å²) in [5, 5.41) is 9.66. The van der Waals surface area contributed by atoms with Gasteiger partial charge in [-0.2, -0.15) is 13.2 Å². The van der Waals surface area contributed by atoms with Crippen molar-refractivity contribution in [2.24, 2.45) is 0 Å². The fourth-order valence-electron chi connectivity index (χ4n) is 3.82. The number of methoxy groups -OCH3 is 1. The minimum Gasteiger partial charge on any atom is -0.508 e. The molecule has 0 amide bonds. The van der Waals surface area contributed by atoms with E-state index in [9.17, 15) is 18.3 Å². The number of fused-ring (bicyclic) bond motifs is 1. The first kappa shape index (κ1) is 19.2. The minimum absolute atomic E-state index is 0.137. The molecule has 0 unspecified atom stereocenters. The molecule has 0 saturated carbocycles. The van der Waals surface area contributed by atoms with E-state index in [2.05, 4.69) is 0 Å². The second kappa shape index (κ2) is 7.35. The summed E-state index contributed by atoms with van der Waals surface area (Å²) in [5.74, 6) is 1.19. The van der Waals surface area contributed by atoms with Crippen molar-refractivity contribution in [1.29, 1.82) is 0 Å². The lowest BCUT2D eigenvalue weighted by Gasteiger charge is -2.34. The highest BCUT2D eigenvalue weighted by molar-refractivity contribution is 5.51. The first-order valence-electron chi connectivity index (χ1n) is 9.13. The molecule has 3 aromatic rings. The van der Waals surface area contributed by atoms with Crippen LogP contribution in [0.25, 0.3) is 0 Å². The van der Waals surface area contributed by atoms with E-state index in [0.717, 1.165) is 28.8 Å². The number of benzene rings is 3. The molecular formula is C23H19F3O3. The Morgan fingerprint density at radius 2 is 1.59 bits per heavy atom. The molecule has 0 spiro atoms. The van der Waals surface area contributed by atoms with Gasteiger partial charge in [0.2, 0.25) is 0 Å². The van der Waals surface area contributed by atoms with E-state index in [4.69, 9.17) is 9.47 Å². The lowest BCUT2D eigenvalue weighted by molar-refractivity contribution is -0.137. The molecule has 0 aliphatic carbocycles. The Balaban J connectivity index is 1.79. The third kappa shape index (κ3) is 3.75. The van der Waals surface area contributed by atoms with Crippen molar-refractivity contribution >= 4 is 0 Å². The predicted molar refractivity (Wildman–Crippen MR) is 103 cm³/mol. The van der Waals surface area contributed by atoms with Crippen molar-refractivity contribution in [2.45, 2.75) is 18.0 Å². The number of rotatable bonds is 3. The van der Waals surface area contributed by atoms with Gasteiger partial charge in [-0.25, -0.2) is 0 Å². The lowest BCUT2D eigenvalue weighted by Crippen LogP contribution is -2.25. The number of alkyl halides is 3. The summed E-state index contributed by atoms with van der Waals surface area (Å²) in [4.78, 5) is 0. The molecule has 0 saturated heterocycles. The van der Waals surface area contributed by atoms with Gasteiger partial charge in [-0.15, -0.1) is 0 Å². The largest absolute Gasteiger partial charge is 0.508 e. The Hall–Kier alpha value is -3.15. The van der Waals surface area contributed by atoms with Crippen molar-refractivity contribution in [2.75, 3.05) is 13.7 Å². The summed E-state index contributed by atoms with van der Waals surface area (Å²) in [6.07, 6.45) is -4.37. The molecule has 0 fully saturated rings. The molecule has 0 radical (unpaired) electrons. The highest BCUT2D eigenvalue weighted by Crippen LogP contribution is 2.47. The van der Waals surface area contributed by atoms with Crippen LogP contribution >= 0.6 is 0 Å². The van der Waals surface area contributed by atoms with Crippen molar-refractivity contribution in [3.63, 3.8) is 0 Å². The van der Waals surface area contributed by atoms with Crippen molar-refractivity contribution in [3.8, 4) is 17.2 Å². The van der Waals surface area contributed by atoms with Crippen LogP contribution in [0.3, 0.4) is 0 Å². The molecule has 3 nitrogen and oxygen atoms in total. The molecule has 6 heteroatoms. The van der Waals surface area contributed by atoms with Gasteiger partial charge in [-0.05, 0) is 41.5 Å². The van der Waals surface area contributed by atoms with Crippen LogP contribution in [0, 0.1) is 0 Å². The Morgan fingerprint density at radius 3 is 2.21 bits per heavy atom. The number of ether oxygens (including phenoxy) is 2. The lowest BCUT2D eigenvalue weighted by atomic mass is 9.75. The summed E-state index contributed by atoms with van der Waals surface area (Å²) in [5.41, 5.74) is 1.96. The zero-order chi connectivity index (χ0) is 20.6. The maximum absolute atomic E-state index is 12.9. The van der Waals surface area contributed by atoms with Gasteiger partial charge in [-0.3, -0.25) is 0 Å². The third-order valence-corrected chi connectivity index (χ3v) is 5.29. The SMILES string of the molecule is COc1ccc2c(c1)OC[C@H](c1ccc(C(F)(F)F)cc1)[C@@H]2c1ccc(O)cc1. The van der Waals surface area contributed by atoms with Gasteiger partial charge < -0.3 is 14.6 Å². The molecule has 2 atom stereocenters. The zero-order valence-corrected chi connectivity index (χ0v) is 15.6. The highest BCUT2D eigenvalue weighted by atomic mass is 19.4. The molecule has 3 aromatic carbocycles. The molecule has 1 N–H and O–H groups in total. The number of aromatic hydroxyl groups is 1. The number of phenolic OH excluding ortho intramolecular Hbond substituents is 1. The van der Waals surface area contributed by atoms with Crippen LogP contribution < -0.4 is 9.47 Å². The van der Waals surface area contributed by atoms with Gasteiger partial charge in [0.1, 0.15) is 17.2 Å². The summed E-state index contributed by atoms with van der Waals surface area (Å²) in [6.45, 7) is 0.317. The van der Waals surface area contributed by atoms with Crippen LogP contribution in [-0.2, 0) is 6.18 Å². The molecular weight excluding hydrogens is 381 g/mol.